The van der Waals surface area contributed by atoms with Crippen LogP contribution in [0.2, 0.25) is 0 Å². The second kappa shape index (κ2) is 8.42. The minimum atomic E-state index is -0.601. The van der Waals surface area contributed by atoms with E-state index in [-0.39, 0.29) is 34.7 Å². The number of carbonyl (C=O) groups is 2. The van der Waals surface area contributed by atoms with Gasteiger partial charge in [-0.15, -0.1) is 0 Å². The topological polar surface area (TPSA) is 114 Å². The highest BCUT2D eigenvalue weighted by molar-refractivity contribution is 5.99. The predicted molar refractivity (Wildman–Crippen MR) is 99.7 cm³/mol. The van der Waals surface area contributed by atoms with E-state index in [2.05, 4.69) is 5.32 Å². The Hall–Kier alpha value is -2.88. The summed E-state index contributed by atoms with van der Waals surface area (Å²) >= 11 is 0. The van der Waals surface area contributed by atoms with Crippen molar-refractivity contribution in [2.45, 2.75) is 18.9 Å². The second-order valence-corrected chi connectivity index (χ2v) is 6.79. The quantitative estimate of drug-likeness (QED) is 0.578. The van der Waals surface area contributed by atoms with Crippen molar-refractivity contribution < 1.29 is 24.0 Å². The lowest BCUT2D eigenvalue weighted by atomic mass is 10.0. The SMILES string of the molecule is COc1cc(C(=O)N2CCCC(N3CCNCC3=O)C2)c([N+](=O)[O-])cc1OC. The lowest BCUT2D eigenvalue weighted by Gasteiger charge is -2.41. The number of hydrogen-bond donors (Lipinski definition) is 1. The normalized spacial score (nSPS) is 20.1. The van der Waals surface area contributed by atoms with Gasteiger partial charge in [0.15, 0.2) is 11.5 Å². The number of rotatable bonds is 5. The predicted octanol–water partition coefficient (Wildman–Crippen LogP) is 0.648. The maximum absolute atomic E-state index is 13.1. The Kier molecular flexibility index (Phi) is 5.98. The first kappa shape index (κ1) is 19.9. The van der Waals surface area contributed by atoms with Crippen molar-refractivity contribution in [1.82, 2.24) is 15.1 Å². The number of ether oxygens (including phenoxy) is 2. The molecule has 0 spiro atoms. The van der Waals surface area contributed by atoms with E-state index < -0.39 is 10.8 Å². The van der Waals surface area contributed by atoms with Crippen LogP contribution < -0.4 is 14.8 Å². The Morgan fingerprint density at radius 3 is 2.61 bits per heavy atom. The van der Waals surface area contributed by atoms with Gasteiger partial charge in [-0.25, -0.2) is 0 Å². The van der Waals surface area contributed by atoms with Gasteiger partial charge < -0.3 is 24.6 Å². The Morgan fingerprint density at radius 1 is 1.25 bits per heavy atom. The number of piperidine rings is 1. The van der Waals surface area contributed by atoms with Crippen LogP contribution in [0, 0.1) is 10.1 Å². The minimum absolute atomic E-state index is 0.0163. The number of benzene rings is 1. The van der Waals surface area contributed by atoms with E-state index >= 15 is 0 Å². The summed E-state index contributed by atoms with van der Waals surface area (Å²) in [5.74, 6) is 0.0126. The Morgan fingerprint density at radius 2 is 1.96 bits per heavy atom. The van der Waals surface area contributed by atoms with Crippen LogP contribution in [0.1, 0.15) is 23.2 Å². The van der Waals surface area contributed by atoms with E-state index in [0.29, 0.717) is 26.2 Å². The lowest BCUT2D eigenvalue weighted by Crippen LogP contribution is -2.57. The molecular weight excluding hydrogens is 368 g/mol. The van der Waals surface area contributed by atoms with Gasteiger partial charge in [-0.1, -0.05) is 0 Å². The molecule has 1 N–H and O–H groups in total. The highest BCUT2D eigenvalue weighted by atomic mass is 16.6. The van der Waals surface area contributed by atoms with Gasteiger partial charge in [0.05, 0.1) is 31.8 Å². The molecule has 0 bridgehead atoms. The molecule has 3 rings (SSSR count). The summed E-state index contributed by atoms with van der Waals surface area (Å²) < 4.78 is 10.3. The number of nitrogens with zero attached hydrogens (tertiary/aromatic N) is 3. The molecule has 0 aromatic heterocycles. The molecule has 0 aliphatic carbocycles. The number of nitro groups is 1. The molecule has 10 heteroatoms. The first-order valence-electron chi connectivity index (χ1n) is 9.16. The molecule has 2 aliphatic heterocycles. The number of carbonyl (C=O) groups excluding carboxylic acids is 2. The third-order valence-electron chi connectivity index (χ3n) is 5.18. The monoisotopic (exact) mass is 392 g/mol. The summed E-state index contributed by atoms with van der Waals surface area (Å²) in [6.45, 7) is 2.46. The van der Waals surface area contributed by atoms with Crippen LogP contribution in [0.3, 0.4) is 0 Å². The number of hydrogen-bond acceptors (Lipinski definition) is 7. The van der Waals surface area contributed by atoms with Gasteiger partial charge in [0.2, 0.25) is 5.91 Å². The standard InChI is InChI=1S/C18H24N4O6/c1-27-15-8-13(14(22(25)26)9-16(15)28-2)18(24)20-6-3-4-12(11-20)21-7-5-19-10-17(21)23/h8-9,12,19H,3-7,10-11H2,1-2H3. The van der Waals surface area contributed by atoms with Crippen LogP contribution in [0.4, 0.5) is 5.69 Å². The number of nitro benzene ring substituents is 1. The van der Waals surface area contributed by atoms with Crippen molar-refractivity contribution in [3.63, 3.8) is 0 Å². The molecule has 2 fully saturated rings. The summed E-state index contributed by atoms with van der Waals surface area (Å²) in [5, 5.41) is 14.5. The summed E-state index contributed by atoms with van der Waals surface area (Å²) in [6, 6.07) is 2.47. The summed E-state index contributed by atoms with van der Waals surface area (Å²) in [5.41, 5.74) is -0.377. The fourth-order valence-electron chi connectivity index (χ4n) is 3.76. The number of methoxy groups -OCH3 is 2. The highest BCUT2D eigenvalue weighted by Crippen LogP contribution is 2.35. The third kappa shape index (κ3) is 3.86. The van der Waals surface area contributed by atoms with Crippen LogP contribution in [0.15, 0.2) is 12.1 Å². The molecule has 2 aliphatic rings. The molecule has 152 valence electrons. The average Bonchev–Trinajstić information content (AvgIpc) is 2.72. The average molecular weight is 392 g/mol. The van der Waals surface area contributed by atoms with Gasteiger partial charge in [-0.05, 0) is 12.8 Å². The number of piperazine rings is 1. The van der Waals surface area contributed by atoms with Gasteiger partial charge in [-0.2, -0.15) is 0 Å². The molecule has 0 radical (unpaired) electrons. The van der Waals surface area contributed by atoms with Crippen LogP contribution in [-0.4, -0.2) is 79.5 Å². The maximum atomic E-state index is 13.1. The molecule has 1 aromatic rings. The Bertz CT molecular complexity index is 784. The first-order chi connectivity index (χ1) is 13.5. The Balaban J connectivity index is 1.86. The molecular formula is C18H24N4O6. The van der Waals surface area contributed by atoms with Gasteiger partial charge in [0.1, 0.15) is 5.56 Å². The maximum Gasteiger partial charge on any atom is 0.286 e. The molecule has 1 atom stereocenters. The molecule has 2 amide bonds. The molecule has 0 saturated carbocycles. The second-order valence-electron chi connectivity index (χ2n) is 6.79. The number of nitrogens with one attached hydrogen (secondary N) is 1. The van der Waals surface area contributed by atoms with Crippen molar-refractivity contribution in [2.75, 3.05) is 46.9 Å². The van der Waals surface area contributed by atoms with Crippen molar-refractivity contribution in [2.24, 2.45) is 0 Å². The van der Waals surface area contributed by atoms with E-state index in [1.165, 1.54) is 26.4 Å². The van der Waals surface area contributed by atoms with Gasteiger partial charge in [0, 0.05) is 38.3 Å². The molecule has 10 nitrogen and oxygen atoms in total. The zero-order chi connectivity index (χ0) is 20.3. The Labute approximate surface area is 162 Å². The van der Waals surface area contributed by atoms with E-state index in [4.69, 9.17) is 9.47 Å². The largest absolute Gasteiger partial charge is 0.493 e. The molecule has 28 heavy (non-hydrogen) atoms. The van der Waals surface area contributed by atoms with Crippen LogP contribution in [0.25, 0.3) is 0 Å². The van der Waals surface area contributed by atoms with Gasteiger partial charge >= 0.3 is 0 Å². The van der Waals surface area contributed by atoms with Crippen molar-refractivity contribution in [3.05, 3.63) is 27.8 Å². The molecule has 1 unspecified atom stereocenters. The zero-order valence-electron chi connectivity index (χ0n) is 16.0. The summed E-state index contributed by atoms with van der Waals surface area (Å²) in [7, 11) is 2.79. The molecule has 2 saturated heterocycles. The lowest BCUT2D eigenvalue weighted by molar-refractivity contribution is -0.385. The van der Waals surface area contributed by atoms with Crippen LogP contribution >= 0.6 is 0 Å². The van der Waals surface area contributed by atoms with Crippen molar-refractivity contribution >= 4 is 17.5 Å². The van der Waals surface area contributed by atoms with E-state index in [1.807, 2.05) is 0 Å². The summed E-state index contributed by atoms with van der Waals surface area (Å²) in [4.78, 5) is 39.6. The number of likely N-dealkylation sites (tertiary alicyclic amines) is 1. The van der Waals surface area contributed by atoms with Crippen LogP contribution in [-0.2, 0) is 4.79 Å². The van der Waals surface area contributed by atoms with Crippen molar-refractivity contribution in [1.29, 1.82) is 0 Å². The first-order valence-corrected chi connectivity index (χ1v) is 9.16. The number of amides is 2. The molecule has 1 aromatic carbocycles. The van der Waals surface area contributed by atoms with E-state index in [1.54, 1.807) is 9.80 Å². The smallest absolute Gasteiger partial charge is 0.286 e. The van der Waals surface area contributed by atoms with Gasteiger partial charge in [-0.3, -0.25) is 19.7 Å². The van der Waals surface area contributed by atoms with Crippen molar-refractivity contribution in [3.8, 4) is 11.5 Å². The van der Waals surface area contributed by atoms with Crippen LogP contribution in [0.5, 0.6) is 11.5 Å². The van der Waals surface area contributed by atoms with E-state index in [0.717, 1.165) is 19.4 Å². The fourth-order valence-corrected chi connectivity index (χ4v) is 3.76. The minimum Gasteiger partial charge on any atom is -0.493 e. The van der Waals surface area contributed by atoms with Gasteiger partial charge in [0.25, 0.3) is 11.6 Å². The van der Waals surface area contributed by atoms with E-state index in [9.17, 15) is 19.7 Å². The third-order valence-corrected chi connectivity index (χ3v) is 5.18. The summed E-state index contributed by atoms with van der Waals surface area (Å²) in [6.07, 6.45) is 1.54. The molecule has 2 heterocycles. The fraction of sp³-hybridized carbons (Fsp3) is 0.556. The zero-order valence-corrected chi connectivity index (χ0v) is 16.0. The highest BCUT2D eigenvalue weighted by Gasteiger charge is 2.34.